The second-order valence-corrected chi connectivity index (χ2v) is 13.3. The van der Waals surface area contributed by atoms with Crippen LogP contribution in [0.5, 0.6) is 0 Å². The van der Waals surface area contributed by atoms with Gasteiger partial charge in [-0.1, -0.05) is 31.2 Å². The van der Waals surface area contributed by atoms with Gasteiger partial charge in [0, 0.05) is 67.5 Å². The average molecular weight is 660 g/mol. The zero-order valence-electron chi connectivity index (χ0n) is 26.3. The Bertz CT molecular complexity index is 1950. The van der Waals surface area contributed by atoms with E-state index < -0.39 is 11.7 Å². The average Bonchev–Trinajstić information content (AvgIpc) is 3.77. The molecule has 2 aromatic carbocycles. The quantitative estimate of drug-likeness (QED) is 0.174. The molecule has 0 unspecified atom stereocenters. The Balaban J connectivity index is 1.15. The number of aromatic nitrogens is 3. The van der Waals surface area contributed by atoms with Crippen LogP contribution in [0.15, 0.2) is 54.3 Å². The monoisotopic (exact) mass is 659 g/mol. The molecule has 1 saturated heterocycles. The summed E-state index contributed by atoms with van der Waals surface area (Å²) in [7, 11) is 0. The van der Waals surface area contributed by atoms with Crippen LogP contribution in [0.2, 0.25) is 0 Å². The van der Waals surface area contributed by atoms with Crippen molar-refractivity contribution in [1.82, 2.24) is 24.8 Å². The SMILES string of the molecule is CCN1CCN(Cc2ccc(Cc3nccc4c(NC(=O)c5csc6c(NC7CC7)ncnc56)c(C)ccc34)cc2C(F)(F)F)CC1. The molecule has 1 aliphatic carbocycles. The largest absolute Gasteiger partial charge is 0.416 e. The van der Waals surface area contributed by atoms with E-state index in [9.17, 15) is 18.0 Å². The number of carbonyl (C=O) groups is 1. The van der Waals surface area contributed by atoms with E-state index in [-0.39, 0.29) is 18.9 Å². The third-order valence-corrected chi connectivity index (χ3v) is 10.1. The first kappa shape index (κ1) is 31.5. The number of amides is 1. The van der Waals surface area contributed by atoms with Gasteiger partial charge in [0.2, 0.25) is 0 Å². The Kier molecular flexibility index (Phi) is 8.58. The lowest BCUT2D eigenvalue weighted by atomic mass is 9.97. The summed E-state index contributed by atoms with van der Waals surface area (Å²) < 4.78 is 43.8. The molecule has 7 rings (SSSR count). The minimum atomic E-state index is -4.47. The van der Waals surface area contributed by atoms with Crippen molar-refractivity contribution in [2.45, 2.75) is 51.9 Å². The van der Waals surface area contributed by atoms with Crippen LogP contribution in [0, 0.1) is 6.92 Å². The highest BCUT2D eigenvalue weighted by atomic mass is 32.1. The number of fused-ring (bicyclic) bond motifs is 2. The number of anilines is 2. The molecular formula is C35H36F3N7OS. The maximum Gasteiger partial charge on any atom is 0.416 e. The lowest BCUT2D eigenvalue weighted by molar-refractivity contribution is -0.138. The van der Waals surface area contributed by atoms with E-state index in [0.29, 0.717) is 39.6 Å². The molecule has 1 aliphatic heterocycles. The number of carbonyl (C=O) groups excluding carboxylic acids is 1. The van der Waals surface area contributed by atoms with E-state index in [1.807, 2.05) is 25.1 Å². The molecule has 1 saturated carbocycles. The van der Waals surface area contributed by atoms with E-state index in [0.717, 1.165) is 72.4 Å². The first-order valence-corrected chi connectivity index (χ1v) is 16.9. The number of benzene rings is 2. The van der Waals surface area contributed by atoms with Gasteiger partial charge in [0.25, 0.3) is 5.91 Å². The molecule has 2 N–H and O–H groups in total. The molecule has 3 aromatic heterocycles. The summed E-state index contributed by atoms with van der Waals surface area (Å²) in [5, 5.41) is 9.85. The van der Waals surface area contributed by atoms with Crippen LogP contribution in [-0.4, -0.2) is 69.4 Å². The predicted octanol–water partition coefficient (Wildman–Crippen LogP) is 7.12. The molecular weight excluding hydrogens is 623 g/mol. The van der Waals surface area contributed by atoms with Gasteiger partial charge >= 0.3 is 6.18 Å². The van der Waals surface area contributed by atoms with Crippen LogP contribution in [0.4, 0.5) is 24.7 Å². The molecule has 1 amide bonds. The molecule has 47 heavy (non-hydrogen) atoms. The highest BCUT2D eigenvalue weighted by Gasteiger charge is 2.34. The van der Waals surface area contributed by atoms with Crippen LogP contribution in [0.1, 0.15) is 58.1 Å². The smallest absolute Gasteiger partial charge is 0.366 e. The van der Waals surface area contributed by atoms with Gasteiger partial charge in [0.05, 0.1) is 32.7 Å². The fourth-order valence-electron chi connectivity index (χ4n) is 6.28. The predicted molar refractivity (Wildman–Crippen MR) is 180 cm³/mol. The number of hydrogen-bond acceptors (Lipinski definition) is 8. The van der Waals surface area contributed by atoms with Crippen molar-refractivity contribution in [3.05, 3.63) is 87.8 Å². The summed E-state index contributed by atoms with van der Waals surface area (Å²) >= 11 is 1.43. The Labute approximate surface area is 275 Å². The van der Waals surface area contributed by atoms with Gasteiger partial charge < -0.3 is 15.5 Å². The minimum Gasteiger partial charge on any atom is -0.366 e. The summed E-state index contributed by atoms with van der Waals surface area (Å²) in [6.07, 6.45) is 1.07. The second kappa shape index (κ2) is 12.8. The van der Waals surface area contributed by atoms with E-state index >= 15 is 0 Å². The Morgan fingerprint density at radius 1 is 1.00 bits per heavy atom. The maximum absolute atomic E-state index is 14.3. The van der Waals surface area contributed by atoms with E-state index in [4.69, 9.17) is 0 Å². The van der Waals surface area contributed by atoms with Gasteiger partial charge in [0.1, 0.15) is 12.1 Å². The summed E-state index contributed by atoms with van der Waals surface area (Å²) in [4.78, 5) is 31.4. The number of pyridine rings is 1. The third kappa shape index (κ3) is 6.67. The standard InChI is InChI=1S/C35H36F3N7OS/c1-3-44-12-14-45(15-13-44)18-23-6-5-22(16-28(23)35(36,37)38)17-29-25-9-4-21(2)30(26(25)10-11-39-29)43-34(46)27-19-47-32-31(27)40-20-41-33(32)42-24-7-8-24/h4-6,9-11,16,19-20,24H,3,7-8,12-15,17-18H2,1-2H3,(H,43,46)(H,40,41,42). The van der Waals surface area contributed by atoms with Crippen molar-refractivity contribution < 1.29 is 18.0 Å². The third-order valence-electron chi connectivity index (χ3n) is 9.15. The molecule has 0 spiro atoms. The van der Waals surface area contributed by atoms with Crippen molar-refractivity contribution in [3.8, 4) is 0 Å². The number of halogens is 3. The highest BCUT2D eigenvalue weighted by molar-refractivity contribution is 7.18. The highest BCUT2D eigenvalue weighted by Crippen LogP contribution is 2.36. The fraction of sp³-hybridized carbons (Fsp3) is 0.371. The summed E-state index contributed by atoms with van der Waals surface area (Å²) in [5.74, 6) is 0.456. The number of thiophene rings is 1. The molecule has 5 aromatic rings. The van der Waals surface area contributed by atoms with Crippen molar-refractivity contribution in [1.29, 1.82) is 0 Å². The molecule has 0 bridgehead atoms. The Morgan fingerprint density at radius 3 is 2.53 bits per heavy atom. The number of rotatable bonds is 9. The van der Waals surface area contributed by atoms with Crippen molar-refractivity contribution in [3.63, 3.8) is 0 Å². The van der Waals surface area contributed by atoms with Crippen molar-refractivity contribution >= 4 is 49.7 Å². The molecule has 0 atom stereocenters. The van der Waals surface area contributed by atoms with Gasteiger partial charge in [-0.3, -0.25) is 14.7 Å². The van der Waals surface area contributed by atoms with E-state index in [1.54, 1.807) is 23.7 Å². The fourth-order valence-corrected chi connectivity index (χ4v) is 7.23. The zero-order chi connectivity index (χ0) is 32.7. The summed E-state index contributed by atoms with van der Waals surface area (Å²) in [5.41, 5.74) is 3.41. The number of nitrogens with one attached hydrogen (secondary N) is 2. The molecule has 8 nitrogen and oxygen atoms in total. The van der Waals surface area contributed by atoms with Gasteiger partial charge in [0.15, 0.2) is 0 Å². The lowest BCUT2D eigenvalue weighted by Gasteiger charge is -2.34. The van der Waals surface area contributed by atoms with Crippen molar-refractivity contribution in [2.24, 2.45) is 0 Å². The normalized spacial score (nSPS) is 16.2. The van der Waals surface area contributed by atoms with Crippen LogP contribution in [0.25, 0.3) is 21.0 Å². The van der Waals surface area contributed by atoms with E-state index in [2.05, 4.69) is 42.3 Å². The molecule has 2 fully saturated rings. The molecule has 0 radical (unpaired) electrons. The maximum atomic E-state index is 14.3. The van der Waals surface area contributed by atoms with Crippen LogP contribution < -0.4 is 10.6 Å². The number of alkyl halides is 3. The number of hydrogen-bond donors (Lipinski definition) is 2. The Morgan fingerprint density at radius 2 is 1.79 bits per heavy atom. The topological polar surface area (TPSA) is 86.3 Å². The van der Waals surface area contributed by atoms with Crippen LogP contribution in [-0.2, 0) is 19.1 Å². The molecule has 2 aliphatic rings. The molecule has 244 valence electrons. The van der Waals surface area contributed by atoms with Crippen molar-refractivity contribution in [2.75, 3.05) is 43.4 Å². The van der Waals surface area contributed by atoms with Crippen LogP contribution in [0.3, 0.4) is 0 Å². The minimum absolute atomic E-state index is 0.217. The van der Waals surface area contributed by atoms with Gasteiger partial charge in [-0.2, -0.15) is 13.2 Å². The zero-order valence-corrected chi connectivity index (χ0v) is 27.1. The van der Waals surface area contributed by atoms with Crippen LogP contribution >= 0.6 is 11.3 Å². The number of aryl methyl sites for hydroxylation is 1. The molecule has 12 heteroatoms. The molecule has 4 heterocycles. The van der Waals surface area contributed by atoms with Gasteiger partial charge in [-0.15, -0.1) is 11.3 Å². The number of likely N-dealkylation sites (N-methyl/N-ethyl adjacent to an activating group) is 1. The summed E-state index contributed by atoms with van der Waals surface area (Å²) in [6, 6.07) is 10.7. The lowest BCUT2D eigenvalue weighted by Crippen LogP contribution is -2.45. The Hall–Kier alpha value is -4.13. The van der Waals surface area contributed by atoms with Gasteiger partial charge in [-0.05, 0) is 55.1 Å². The number of nitrogens with zero attached hydrogens (tertiary/aromatic N) is 5. The summed E-state index contributed by atoms with van der Waals surface area (Å²) in [6.45, 7) is 8.46. The first-order valence-electron chi connectivity index (χ1n) is 16.0. The second-order valence-electron chi connectivity index (χ2n) is 12.4. The van der Waals surface area contributed by atoms with Gasteiger partial charge in [-0.25, -0.2) is 9.97 Å². The first-order chi connectivity index (χ1) is 22.7. The number of piperazine rings is 1. The van der Waals surface area contributed by atoms with E-state index in [1.165, 1.54) is 23.7 Å².